The normalized spacial score (nSPS) is 12.2. The number of furan rings is 1. The van der Waals surface area contributed by atoms with Gasteiger partial charge < -0.3 is 4.42 Å². The number of hydrogen-bond donors (Lipinski definition) is 0. The molecular formula is C25H29N2O+. The van der Waals surface area contributed by atoms with E-state index in [1.807, 2.05) is 0 Å². The first kappa shape index (κ1) is 18.7. The van der Waals surface area contributed by atoms with Crippen LogP contribution in [0.1, 0.15) is 43.2 Å². The summed E-state index contributed by atoms with van der Waals surface area (Å²) in [6.07, 6.45) is 3.11. The highest BCUT2D eigenvalue weighted by atomic mass is 16.3. The summed E-state index contributed by atoms with van der Waals surface area (Å²) in [6, 6.07) is 10.9. The summed E-state index contributed by atoms with van der Waals surface area (Å²) in [6.45, 7) is 13.2. The van der Waals surface area contributed by atoms with E-state index < -0.39 is 0 Å². The van der Waals surface area contributed by atoms with Gasteiger partial charge in [-0.3, -0.25) is 0 Å². The molecule has 1 aromatic carbocycles. The predicted molar refractivity (Wildman–Crippen MR) is 115 cm³/mol. The lowest BCUT2D eigenvalue weighted by atomic mass is 9.90. The van der Waals surface area contributed by atoms with Crippen LogP contribution in [0, 0.1) is 26.2 Å². The van der Waals surface area contributed by atoms with Gasteiger partial charge in [-0.2, -0.15) is 0 Å². The fraction of sp³-hybridized carbons (Fsp3) is 0.360. The fourth-order valence-electron chi connectivity index (χ4n) is 3.95. The maximum Gasteiger partial charge on any atom is 0.227 e. The lowest BCUT2D eigenvalue weighted by molar-refractivity contribution is -0.660. The van der Waals surface area contributed by atoms with Crippen LogP contribution in [-0.4, -0.2) is 4.98 Å². The molecule has 0 amide bonds. The van der Waals surface area contributed by atoms with Crippen LogP contribution in [0.3, 0.4) is 0 Å². The van der Waals surface area contributed by atoms with Crippen molar-refractivity contribution in [3.63, 3.8) is 0 Å². The standard InChI is InChI=1S/C25H29N2O/c1-15-8-10-19-20-11-9-18(13-25(4,5)6)26-24(20)28-23(19)22(15)21-12-16(2)17(3)14-27(21)7/h8-12,14H,13H2,1-7H3/q+1. The number of benzene rings is 1. The summed E-state index contributed by atoms with van der Waals surface area (Å²) in [5.74, 6) is 0. The van der Waals surface area contributed by atoms with E-state index in [0.717, 1.165) is 39.7 Å². The lowest BCUT2D eigenvalue weighted by Crippen LogP contribution is -2.31. The van der Waals surface area contributed by atoms with E-state index >= 15 is 0 Å². The first-order valence-corrected chi connectivity index (χ1v) is 9.93. The monoisotopic (exact) mass is 373 g/mol. The summed E-state index contributed by atoms with van der Waals surface area (Å²) in [4.78, 5) is 4.84. The minimum Gasteiger partial charge on any atom is -0.437 e. The molecule has 0 unspecified atom stereocenters. The van der Waals surface area contributed by atoms with Crippen LogP contribution in [-0.2, 0) is 13.5 Å². The number of rotatable bonds is 2. The molecular weight excluding hydrogens is 344 g/mol. The van der Waals surface area contributed by atoms with Crippen LogP contribution < -0.4 is 4.57 Å². The third-order valence-corrected chi connectivity index (χ3v) is 5.48. The summed E-state index contributed by atoms with van der Waals surface area (Å²) < 4.78 is 8.56. The topological polar surface area (TPSA) is 29.9 Å². The van der Waals surface area contributed by atoms with Gasteiger partial charge in [0.1, 0.15) is 7.05 Å². The molecule has 3 heteroatoms. The average molecular weight is 374 g/mol. The third kappa shape index (κ3) is 3.19. The summed E-state index contributed by atoms with van der Waals surface area (Å²) in [5.41, 5.74) is 9.03. The number of fused-ring (bicyclic) bond motifs is 3. The zero-order valence-corrected chi connectivity index (χ0v) is 18.0. The van der Waals surface area contributed by atoms with Crippen molar-refractivity contribution in [2.75, 3.05) is 0 Å². The largest absolute Gasteiger partial charge is 0.437 e. The van der Waals surface area contributed by atoms with Gasteiger partial charge in [0.2, 0.25) is 11.4 Å². The van der Waals surface area contributed by atoms with Crippen LogP contribution in [0.25, 0.3) is 33.3 Å². The van der Waals surface area contributed by atoms with Gasteiger partial charge in [-0.1, -0.05) is 32.9 Å². The van der Waals surface area contributed by atoms with Crippen LogP contribution in [0.2, 0.25) is 0 Å². The quantitative estimate of drug-likeness (QED) is 0.404. The van der Waals surface area contributed by atoms with Gasteiger partial charge >= 0.3 is 0 Å². The Balaban J connectivity index is 1.98. The Kier molecular flexibility index (Phi) is 4.29. The third-order valence-electron chi connectivity index (χ3n) is 5.48. The molecule has 144 valence electrons. The predicted octanol–water partition coefficient (Wildman–Crippen LogP) is 5.99. The zero-order valence-electron chi connectivity index (χ0n) is 18.0. The average Bonchev–Trinajstić information content (AvgIpc) is 2.94. The van der Waals surface area contributed by atoms with Gasteiger partial charge in [0, 0.05) is 28.1 Å². The molecule has 0 saturated heterocycles. The fourth-order valence-corrected chi connectivity index (χ4v) is 3.95. The second-order valence-electron chi connectivity index (χ2n) is 9.26. The molecule has 4 rings (SSSR count). The molecule has 0 aliphatic rings. The smallest absolute Gasteiger partial charge is 0.227 e. The van der Waals surface area contributed by atoms with Gasteiger partial charge in [0.25, 0.3) is 0 Å². The maximum absolute atomic E-state index is 6.37. The highest BCUT2D eigenvalue weighted by molar-refractivity contribution is 6.08. The minimum absolute atomic E-state index is 0.196. The summed E-state index contributed by atoms with van der Waals surface area (Å²) >= 11 is 0. The van der Waals surface area contributed by atoms with E-state index in [1.54, 1.807) is 0 Å². The molecule has 0 fully saturated rings. The van der Waals surface area contributed by atoms with Crippen molar-refractivity contribution in [1.29, 1.82) is 0 Å². The highest BCUT2D eigenvalue weighted by Crippen LogP contribution is 2.37. The molecule has 0 N–H and O–H groups in total. The van der Waals surface area contributed by atoms with E-state index in [0.29, 0.717) is 0 Å². The molecule has 0 spiro atoms. The Hall–Kier alpha value is -2.68. The highest BCUT2D eigenvalue weighted by Gasteiger charge is 2.22. The van der Waals surface area contributed by atoms with E-state index in [2.05, 4.69) is 89.7 Å². The molecule has 0 atom stereocenters. The Morgan fingerprint density at radius 3 is 2.36 bits per heavy atom. The van der Waals surface area contributed by atoms with Crippen LogP contribution in [0.4, 0.5) is 0 Å². The molecule has 0 aliphatic heterocycles. The van der Waals surface area contributed by atoms with Crippen molar-refractivity contribution in [3.8, 4) is 11.3 Å². The number of aromatic nitrogens is 2. The molecule has 3 heterocycles. The minimum atomic E-state index is 0.196. The van der Waals surface area contributed by atoms with Gasteiger partial charge in [-0.15, -0.1) is 0 Å². The maximum atomic E-state index is 6.37. The van der Waals surface area contributed by atoms with Gasteiger partial charge in [0.15, 0.2) is 11.8 Å². The van der Waals surface area contributed by atoms with Gasteiger partial charge in [0.05, 0.1) is 5.56 Å². The van der Waals surface area contributed by atoms with Crippen molar-refractivity contribution < 1.29 is 8.98 Å². The van der Waals surface area contributed by atoms with Crippen molar-refractivity contribution in [3.05, 3.63) is 58.9 Å². The first-order valence-electron chi connectivity index (χ1n) is 9.93. The van der Waals surface area contributed by atoms with E-state index in [4.69, 9.17) is 9.40 Å². The second kappa shape index (κ2) is 6.44. The number of pyridine rings is 2. The second-order valence-corrected chi connectivity index (χ2v) is 9.26. The van der Waals surface area contributed by atoms with E-state index in [9.17, 15) is 0 Å². The Morgan fingerprint density at radius 1 is 0.929 bits per heavy atom. The molecule has 0 saturated carbocycles. The zero-order chi connectivity index (χ0) is 20.2. The van der Waals surface area contributed by atoms with Gasteiger partial charge in [-0.05, 0) is 55.9 Å². The number of nitrogens with zero attached hydrogens (tertiary/aromatic N) is 2. The van der Waals surface area contributed by atoms with E-state index in [-0.39, 0.29) is 5.41 Å². The number of hydrogen-bond acceptors (Lipinski definition) is 2. The van der Waals surface area contributed by atoms with Crippen LogP contribution >= 0.6 is 0 Å². The van der Waals surface area contributed by atoms with Crippen molar-refractivity contribution in [2.24, 2.45) is 12.5 Å². The Bertz CT molecular complexity index is 1210. The molecule has 0 bridgehead atoms. The molecule has 28 heavy (non-hydrogen) atoms. The van der Waals surface area contributed by atoms with Crippen LogP contribution in [0.5, 0.6) is 0 Å². The summed E-state index contributed by atoms with van der Waals surface area (Å²) in [7, 11) is 2.10. The Labute approximate surface area is 167 Å². The van der Waals surface area contributed by atoms with E-state index in [1.165, 1.54) is 22.4 Å². The molecule has 4 aromatic rings. The van der Waals surface area contributed by atoms with Crippen LogP contribution in [0.15, 0.2) is 40.9 Å². The van der Waals surface area contributed by atoms with Crippen molar-refractivity contribution in [1.82, 2.24) is 4.98 Å². The van der Waals surface area contributed by atoms with Crippen molar-refractivity contribution >= 4 is 22.1 Å². The Morgan fingerprint density at radius 2 is 1.64 bits per heavy atom. The first-order chi connectivity index (χ1) is 13.1. The molecule has 0 radical (unpaired) electrons. The van der Waals surface area contributed by atoms with Crippen molar-refractivity contribution in [2.45, 2.75) is 48.0 Å². The molecule has 0 aliphatic carbocycles. The SMILES string of the molecule is Cc1cc(-c2c(C)ccc3c2oc2nc(CC(C)(C)C)ccc23)[n+](C)cc1C. The molecule has 3 nitrogen and oxygen atoms in total. The molecule has 3 aromatic heterocycles. The number of aryl methyl sites for hydroxylation is 4. The summed E-state index contributed by atoms with van der Waals surface area (Å²) in [5, 5.41) is 2.21. The lowest BCUT2D eigenvalue weighted by Gasteiger charge is -2.16. The van der Waals surface area contributed by atoms with Gasteiger partial charge in [-0.25, -0.2) is 9.55 Å².